The van der Waals surface area contributed by atoms with E-state index in [0.717, 1.165) is 10.4 Å². The molecule has 1 atom stereocenters. The second-order valence-corrected chi connectivity index (χ2v) is 6.91. The minimum Gasteiger partial charge on any atom is -0.469 e. The van der Waals surface area contributed by atoms with E-state index in [-0.39, 0.29) is 12.3 Å². The molecule has 0 aliphatic rings. The number of carbonyl (C=O) groups is 2. The summed E-state index contributed by atoms with van der Waals surface area (Å²) in [4.78, 5) is 25.1. The van der Waals surface area contributed by atoms with Gasteiger partial charge in [0.25, 0.3) is 5.91 Å². The minimum atomic E-state index is -0.465. The topological polar surface area (TPSA) is 84.1 Å². The fourth-order valence-corrected chi connectivity index (χ4v) is 3.40. The number of esters is 1. The zero-order valence-electron chi connectivity index (χ0n) is 13.9. The van der Waals surface area contributed by atoms with E-state index in [2.05, 4.69) is 15.5 Å². The number of hydrogen-bond donors (Lipinski definition) is 2. The lowest BCUT2D eigenvalue weighted by atomic mass is 10.1. The van der Waals surface area contributed by atoms with Crippen LogP contribution in [0.3, 0.4) is 0 Å². The molecule has 0 radical (unpaired) electrons. The standard InChI is InChI=1S/C18H16ClN3O3S/c1-25-17(23)10-14(16-6-3-7-26-16)20-18(24)15-9-13(21-22-15)11-4-2-5-12(19)8-11/h2-9,14H,10H2,1H3,(H,20,24)(H,21,22). The Labute approximate surface area is 159 Å². The number of carbonyl (C=O) groups excluding carboxylic acids is 2. The van der Waals surface area contributed by atoms with Gasteiger partial charge in [0.1, 0.15) is 5.69 Å². The van der Waals surface area contributed by atoms with Crippen molar-refractivity contribution in [3.63, 3.8) is 0 Å². The first-order chi connectivity index (χ1) is 12.6. The van der Waals surface area contributed by atoms with Crippen LogP contribution in [0, 0.1) is 0 Å². The molecule has 0 bridgehead atoms. The largest absolute Gasteiger partial charge is 0.469 e. The number of H-pyrrole nitrogens is 1. The van der Waals surface area contributed by atoms with E-state index in [1.807, 2.05) is 29.6 Å². The number of nitrogens with zero attached hydrogens (tertiary/aromatic N) is 1. The Hall–Kier alpha value is -2.64. The van der Waals surface area contributed by atoms with Gasteiger partial charge in [-0.3, -0.25) is 14.7 Å². The highest BCUT2D eigenvalue weighted by molar-refractivity contribution is 7.10. The molecule has 0 spiro atoms. The molecule has 0 saturated heterocycles. The van der Waals surface area contributed by atoms with Crippen LogP contribution in [-0.2, 0) is 9.53 Å². The van der Waals surface area contributed by atoms with Crippen molar-refractivity contribution >= 4 is 34.8 Å². The Kier molecular flexibility index (Phi) is 5.70. The molecule has 26 heavy (non-hydrogen) atoms. The molecule has 1 amide bonds. The Morgan fingerprint density at radius 3 is 2.85 bits per heavy atom. The molecule has 0 fully saturated rings. The molecule has 2 heterocycles. The van der Waals surface area contributed by atoms with Crippen LogP contribution in [0.2, 0.25) is 5.02 Å². The maximum absolute atomic E-state index is 12.6. The molecule has 2 aromatic heterocycles. The number of aromatic nitrogens is 2. The van der Waals surface area contributed by atoms with E-state index in [4.69, 9.17) is 16.3 Å². The molecule has 1 aromatic carbocycles. The Morgan fingerprint density at radius 1 is 1.31 bits per heavy atom. The lowest BCUT2D eigenvalue weighted by molar-refractivity contribution is -0.141. The van der Waals surface area contributed by atoms with Gasteiger partial charge in [-0.1, -0.05) is 29.8 Å². The average molecular weight is 390 g/mol. The third-order valence-corrected chi connectivity index (χ3v) is 4.95. The van der Waals surface area contributed by atoms with Gasteiger partial charge in [0.05, 0.1) is 25.3 Å². The number of nitrogens with one attached hydrogen (secondary N) is 2. The highest BCUT2D eigenvalue weighted by Gasteiger charge is 2.21. The molecule has 3 aromatic rings. The maximum Gasteiger partial charge on any atom is 0.307 e. The van der Waals surface area contributed by atoms with Crippen molar-refractivity contribution < 1.29 is 14.3 Å². The number of amides is 1. The van der Waals surface area contributed by atoms with Gasteiger partial charge in [-0.15, -0.1) is 11.3 Å². The summed E-state index contributed by atoms with van der Waals surface area (Å²) >= 11 is 7.45. The van der Waals surface area contributed by atoms with Gasteiger partial charge in [0, 0.05) is 15.5 Å². The van der Waals surface area contributed by atoms with Gasteiger partial charge in [0.15, 0.2) is 0 Å². The molecular formula is C18H16ClN3O3S. The van der Waals surface area contributed by atoms with E-state index in [0.29, 0.717) is 16.4 Å². The molecule has 6 nitrogen and oxygen atoms in total. The van der Waals surface area contributed by atoms with Crippen molar-refractivity contribution in [3.8, 4) is 11.3 Å². The predicted octanol–water partition coefficient (Wildman–Crippen LogP) is 3.83. The van der Waals surface area contributed by atoms with Gasteiger partial charge < -0.3 is 10.1 Å². The van der Waals surface area contributed by atoms with Crippen LogP contribution in [0.15, 0.2) is 47.8 Å². The minimum absolute atomic E-state index is 0.0536. The van der Waals surface area contributed by atoms with Crippen molar-refractivity contribution in [3.05, 3.63) is 63.4 Å². The summed E-state index contributed by atoms with van der Waals surface area (Å²) in [6, 6.07) is 12.1. The van der Waals surface area contributed by atoms with Gasteiger partial charge in [-0.25, -0.2) is 0 Å². The number of hydrogen-bond acceptors (Lipinski definition) is 5. The maximum atomic E-state index is 12.6. The molecular weight excluding hydrogens is 374 g/mol. The molecule has 0 aliphatic heterocycles. The van der Waals surface area contributed by atoms with Crippen LogP contribution in [0.5, 0.6) is 0 Å². The number of benzene rings is 1. The second kappa shape index (κ2) is 8.16. The van der Waals surface area contributed by atoms with Crippen molar-refractivity contribution in [2.45, 2.75) is 12.5 Å². The van der Waals surface area contributed by atoms with E-state index in [9.17, 15) is 9.59 Å². The summed E-state index contributed by atoms with van der Waals surface area (Å²) in [6.07, 6.45) is 0.0536. The van der Waals surface area contributed by atoms with Crippen LogP contribution in [0.4, 0.5) is 0 Å². The van der Waals surface area contributed by atoms with E-state index in [1.54, 1.807) is 18.2 Å². The third kappa shape index (κ3) is 4.30. The molecule has 1 unspecified atom stereocenters. The van der Waals surface area contributed by atoms with Crippen molar-refractivity contribution in [1.82, 2.24) is 15.5 Å². The Morgan fingerprint density at radius 2 is 2.15 bits per heavy atom. The predicted molar refractivity (Wildman–Crippen MR) is 100 cm³/mol. The first-order valence-corrected chi connectivity index (χ1v) is 9.05. The number of methoxy groups -OCH3 is 1. The monoisotopic (exact) mass is 389 g/mol. The lowest BCUT2D eigenvalue weighted by Gasteiger charge is -2.15. The average Bonchev–Trinajstić information content (AvgIpc) is 3.32. The summed E-state index contributed by atoms with van der Waals surface area (Å²) in [7, 11) is 1.32. The van der Waals surface area contributed by atoms with Crippen LogP contribution < -0.4 is 5.32 Å². The molecule has 134 valence electrons. The highest BCUT2D eigenvalue weighted by Crippen LogP contribution is 2.24. The first-order valence-electron chi connectivity index (χ1n) is 7.79. The number of ether oxygens (including phenoxy) is 1. The second-order valence-electron chi connectivity index (χ2n) is 5.50. The van der Waals surface area contributed by atoms with E-state index in [1.165, 1.54) is 18.4 Å². The number of rotatable bonds is 6. The Bertz CT molecular complexity index is 908. The van der Waals surface area contributed by atoms with Gasteiger partial charge >= 0.3 is 5.97 Å². The van der Waals surface area contributed by atoms with Gasteiger partial charge in [-0.05, 0) is 29.6 Å². The SMILES string of the molecule is COC(=O)CC(NC(=O)c1cc(-c2cccc(Cl)c2)n[nH]1)c1cccs1. The number of thiophene rings is 1. The van der Waals surface area contributed by atoms with Gasteiger partial charge in [0.2, 0.25) is 0 Å². The summed E-state index contributed by atoms with van der Waals surface area (Å²) in [6.45, 7) is 0. The van der Waals surface area contributed by atoms with Crippen molar-refractivity contribution in [2.75, 3.05) is 7.11 Å². The van der Waals surface area contributed by atoms with E-state index >= 15 is 0 Å². The first kappa shape index (κ1) is 18.2. The van der Waals surface area contributed by atoms with Crippen LogP contribution in [-0.4, -0.2) is 29.2 Å². The molecule has 3 rings (SSSR count). The Balaban J connectivity index is 1.77. The van der Waals surface area contributed by atoms with Crippen LogP contribution >= 0.6 is 22.9 Å². The fraction of sp³-hybridized carbons (Fsp3) is 0.167. The summed E-state index contributed by atoms with van der Waals surface area (Å²) in [5.74, 6) is -0.749. The quantitative estimate of drug-likeness (QED) is 0.627. The zero-order chi connectivity index (χ0) is 18.5. The normalized spacial score (nSPS) is 11.8. The van der Waals surface area contributed by atoms with Crippen LogP contribution in [0.1, 0.15) is 27.8 Å². The van der Waals surface area contributed by atoms with Crippen LogP contribution in [0.25, 0.3) is 11.3 Å². The smallest absolute Gasteiger partial charge is 0.307 e. The molecule has 0 saturated carbocycles. The highest BCUT2D eigenvalue weighted by atomic mass is 35.5. The van der Waals surface area contributed by atoms with Crippen molar-refractivity contribution in [2.24, 2.45) is 0 Å². The summed E-state index contributed by atoms with van der Waals surface area (Å²) in [5.41, 5.74) is 1.71. The molecule has 0 aliphatic carbocycles. The van der Waals surface area contributed by atoms with E-state index < -0.39 is 12.0 Å². The van der Waals surface area contributed by atoms with Crippen molar-refractivity contribution in [1.29, 1.82) is 0 Å². The fourth-order valence-electron chi connectivity index (χ4n) is 2.43. The number of aromatic amines is 1. The zero-order valence-corrected chi connectivity index (χ0v) is 15.4. The lowest BCUT2D eigenvalue weighted by Crippen LogP contribution is -2.30. The molecule has 8 heteroatoms. The summed E-state index contributed by atoms with van der Waals surface area (Å²) in [5, 5.41) is 12.2. The summed E-state index contributed by atoms with van der Waals surface area (Å²) < 4.78 is 4.72. The van der Waals surface area contributed by atoms with Gasteiger partial charge in [-0.2, -0.15) is 5.10 Å². The number of halogens is 1. The molecule has 2 N–H and O–H groups in total. The third-order valence-electron chi connectivity index (χ3n) is 3.73.